The highest BCUT2D eigenvalue weighted by molar-refractivity contribution is 7.10. The highest BCUT2D eigenvalue weighted by atomic mass is 32.1. The molecule has 1 aliphatic heterocycles. The van der Waals surface area contributed by atoms with Gasteiger partial charge in [-0.15, -0.1) is 11.3 Å². The Morgan fingerprint density at radius 3 is 2.57 bits per heavy atom. The van der Waals surface area contributed by atoms with Crippen molar-refractivity contribution in [3.8, 4) is 0 Å². The van der Waals surface area contributed by atoms with E-state index < -0.39 is 5.60 Å². The van der Waals surface area contributed by atoms with Crippen molar-refractivity contribution in [3.63, 3.8) is 0 Å². The molecule has 2 aliphatic carbocycles. The number of rotatable bonds is 3. The minimum absolute atomic E-state index is 0.0641. The van der Waals surface area contributed by atoms with E-state index >= 15 is 0 Å². The van der Waals surface area contributed by atoms with Crippen LogP contribution in [0.15, 0.2) is 17.5 Å². The van der Waals surface area contributed by atoms with Crippen molar-refractivity contribution in [1.29, 1.82) is 0 Å². The van der Waals surface area contributed by atoms with Gasteiger partial charge in [0, 0.05) is 29.9 Å². The second kappa shape index (κ2) is 4.80. The van der Waals surface area contributed by atoms with Gasteiger partial charge >= 0.3 is 0 Å². The molecule has 0 radical (unpaired) electrons. The normalized spacial score (nSPS) is 34.8. The quantitative estimate of drug-likeness (QED) is 0.890. The molecule has 3 fully saturated rings. The van der Waals surface area contributed by atoms with Gasteiger partial charge in [-0.25, -0.2) is 0 Å². The third-order valence-electron chi connectivity index (χ3n) is 5.72. The molecular formula is C16H22N2O2S. The molecule has 3 atom stereocenters. The Morgan fingerprint density at radius 2 is 2.00 bits per heavy atom. The standard InChI is InChI=1S/C16H22N2O2S/c17-14-11-8-18(9-12(11)14)15(19)16(20,10-4-1-2-5-10)13-6-3-7-21-13/h3,6-7,10-12,14,20H,1-2,4-5,8-9,17H2/t11?,12?,14?,16-/m1/s1. The second-order valence-electron chi connectivity index (χ2n) is 6.84. The number of hydrogen-bond donors (Lipinski definition) is 2. The van der Waals surface area contributed by atoms with Gasteiger partial charge in [0.15, 0.2) is 5.60 Å². The van der Waals surface area contributed by atoms with E-state index in [-0.39, 0.29) is 17.9 Å². The molecule has 1 aromatic heterocycles. The number of nitrogens with two attached hydrogens (primary N) is 1. The molecule has 0 spiro atoms. The van der Waals surface area contributed by atoms with Crippen LogP contribution >= 0.6 is 11.3 Å². The van der Waals surface area contributed by atoms with E-state index in [1.807, 2.05) is 22.4 Å². The van der Waals surface area contributed by atoms with Gasteiger partial charge < -0.3 is 15.7 Å². The monoisotopic (exact) mass is 306 g/mol. The molecule has 2 heterocycles. The zero-order valence-electron chi connectivity index (χ0n) is 12.1. The summed E-state index contributed by atoms with van der Waals surface area (Å²) in [6.45, 7) is 1.45. The molecule has 3 N–H and O–H groups in total. The lowest BCUT2D eigenvalue weighted by Gasteiger charge is -2.36. The predicted octanol–water partition coefficient (Wildman–Crippen LogP) is 1.54. The van der Waals surface area contributed by atoms with Gasteiger partial charge in [-0.2, -0.15) is 0 Å². The van der Waals surface area contributed by atoms with E-state index in [9.17, 15) is 9.90 Å². The molecule has 5 heteroatoms. The number of likely N-dealkylation sites (tertiary alicyclic amines) is 1. The summed E-state index contributed by atoms with van der Waals surface area (Å²) in [6.07, 6.45) is 4.12. The number of hydrogen-bond acceptors (Lipinski definition) is 4. The average Bonchev–Trinajstić information content (AvgIpc) is 3.10. The molecule has 3 aliphatic rings. The molecule has 4 nitrogen and oxygen atoms in total. The minimum atomic E-state index is -1.31. The Hall–Kier alpha value is -0.910. The highest BCUT2D eigenvalue weighted by Gasteiger charge is 2.58. The van der Waals surface area contributed by atoms with Crippen molar-refractivity contribution in [2.75, 3.05) is 13.1 Å². The molecule has 4 rings (SSSR count). The summed E-state index contributed by atoms with van der Waals surface area (Å²) >= 11 is 1.49. The number of aliphatic hydroxyl groups is 1. The van der Waals surface area contributed by atoms with Crippen LogP contribution in [0.3, 0.4) is 0 Å². The zero-order valence-corrected chi connectivity index (χ0v) is 12.9. The van der Waals surface area contributed by atoms with Crippen LogP contribution in [0.2, 0.25) is 0 Å². The Bertz CT molecular complexity index is 528. The van der Waals surface area contributed by atoms with E-state index in [1.165, 1.54) is 11.3 Å². The summed E-state index contributed by atoms with van der Waals surface area (Å²) in [6, 6.07) is 4.10. The SMILES string of the molecule is NC1C2CN(C(=O)[C@](O)(c3cccs3)C3CCCC3)CC12. The van der Waals surface area contributed by atoms with Crippen LogP contribution in [-0.4, -0.2) is 35.0 Å². The van der Waals surface area contributed by atoms with Crippen molar-refractivity contribution in [2.45, 2.75) is 37.3 Å². The number of fused-ring (bicyclic) bond motifs is 1. The lowest BCUT2D eigenvalue weighted by Crippen LogP contribution is -2.51. The lowest BCUT2D eigenvalue weighted by molar-refractivity contribution is -0.158. The van der Waals surface area contributed by atoms with Crippen molar-refractivity contribution < 1.29 is 9.90 Å². The highest BCUT2D eigenvalue weighted by Crippen LogP contribution is 2.48. The van der Waals surface area contributed by atoms with E-state index in [0.717, 1.165) is 43.6 Å². The van der Waals surface area contributed by atoms with Crippen LogP contribution in [0.4, 0.5) is 0 Å². The van der Waals surface area contributed by atoms with Gasteiger partial charge in [0.25, 0.3) is 5.91 Å². The first-order chi connectivity index (χ1) is 10.1. The van der Waals surface area contributed by atoms with Crippen LogP contribution in [0.25, 0.3) is 0 Å². The largest absolute Gasteiger partial charge is 0.374 e. The number of nitrogens with zero attached hydrogens (tertiary/aromatic N) is 1. The maximum Gasteiger partial charge on any atom is 0.260 e. The third kappa shape index (κ3) is 1.98. The van der Waals surface area contributed by atoms with Crippen LogP contribution in [0, 0.1) is 17.8 Å². The van der Waals surface area contributed by atoms with Crippen LogP contribution in [0.5, 0.6) is 0 Å². The van der Waals surface area contributed by atoms with E-state index in [2.05, 4.69) is 0 Å². The van der Waals surface area contributed by atoms with Crippen molar-refractivity contribution in [2.24, 2.45) is 23.5 Å². The summed E-state index contributed by atoms with van der Waals surface area (Å²) in [7, 11) is 0. The topological polar surface area (TPSA) is 66.6 Å². The summed E-state index contributed by atoms with van der Waals surface area (Å²) in [5, 5.41) is 13.3. The molecule has 2 unspecified atom stereocenters. The third-order valence-corrected chi connectivity index (χ3v) is 6.71. The lowest BCUT2D eigenvalue weighted by atomic mass is 9.83. The summed E-state index contributed by atoms with van der Waals surface area (Å²) in [5.74, 6) is 0.903. The van der Waals surface area contributed by atoms with Crippen LogP contribution in [-0.2, 0) is 10.4 Å². The first kappa shape index (κ1) is 13.7. The van der Waals surface area contributed by atoms with Gasteiger partial charge in [0.05, 0.1) is 0 Å². The molecule has 1 aromatic rings. The Labute approximate surface area is 128 Å². The molecule has 0 aromatic carbocycles. The summed E-state index contributed by atoms with van der Waals surface area (Å²) in [5.41, 5.74) is 4.65. The van der Waals surface area contributed by atoms with Crippen molar-refractivity contribution in [1.82, 2.24) is 4.90 Å². The zero-order chi connectivity index (χ0) is 14.6. The van der Waals surface area contributed by atoms with Crippen LogP contribution in [0.1, 0.15) is 30.6 Å². The number of carbonyl (C=O) groups excluding carboxylic acids is 1. The molecule has 1 amide bonds. The van der Waals surface area contributed by atoms with Crippen LogP contribution < -0.4 is 5.73 Å². The number of carbonyl (C=O) groups is 1. The molecule has 2 saturated carbocycles. The maximum atomic E-state index is 13.1. The molecule has 1 saturated heterocycles. The van der Waals surface area contributed by atoms with Crippen molar-refractivity contribution in [3.05, 3.63) is 22.4 Å². The number of thiophene rings is 1. The smallest absolute Gasteiger partial charge is 0.260 e. The predicted molar refractivity (Wildman–Crippen MR) is 81.7 cm³/mol. The number of piperidine rings is 1. The fraction of sp³-hybridized carbons (Fsp3) is 0.688. The summed E-state index contributed by atoms with van der Waals surface area (Å²) in [4.78, 5) is 15.7. The molecule has 114 valence electrons. The fourth-order valence-electron chi connectivity index (χ4n) is 4.30. The fourth-order valence-corrected chi connectivity index (χ4v) is 5.19. The Kier molecular flexibility index (Phi) is 3.14. The summed E-state index contributed by atoms with van der Waals surface area (Å²) < 4.78 is 0. The first-order valence-electron chi connectivity index (χ1n) is 7.93. The van der Waals surface area contributed by atoms with E-state index in [1.54, 1.807) is 0 Å². The van der Waals surface area contributed by atoms with E-state index in [0.29, 0.717) is 11.8 Å². The van der Waals surface area contributed by atoms with Gasteiger partial charge in [-0.3, -0.25) is 4.79 Å². The van der Waals surface area contributed by atoms with Gasteiger partial charge in [0.2, 0.25) is 0 Å². The van der Waals surface area contributed by atoms with Crippen molar-refractivity contribution >= 4 is 17.2 Å². The Balaban J connectivity index is 1.62. The first-order valence-corrected chi connectivity index (χ1v) is 8.81. The average molecular weight is 306 g/mol. The van der Waals surface area contributed by atoms with Gasteiger partial charge in [-0.1, -0.05) is 18.9 Å². The molecule has 0 bridgehead atoms. The van der Waals surface area contributed by atoms with Gasteiger partial charge in [-0.05, 0) is 36.1 Å². The maximum absolute atomic E-state index is 13.1. The molecule has 21 heavy (non-hydrogen) atoms. The van der Waals surface area contributed by atoms with Gasteiger partial charge in [0.1, 0.15) is 0 Å². The second-order valence-corrected chi connectivity index (χ2v) is 7.79. The van der Waals surface area contributed by atoms with E-state index in [4.69, 9.17) is 5.73 Å². The minimum Gasteiger partial charge on any atom is -0.374 e. The number of amides is 1. The Morgan fingerprint density at radius 1 is 1.33 bits per heavy atom. The molecular weight excluding hydrogens is 284 g/mol.